The first-order valence-corrected chi connectivity index (χ1v) is 7.58. The van der Waals surface area contributed by atoms with E-state index in [1.54, 1.807) is 0 Å². The summed E-state index contributed by atoms with van der Waals surface area (Å²) in [5, 5.41) is 4.26. The van der Waals surface area contributed by atoms with Gasteiger partial charge in [-0.15, -0.1) is 0 Å². The molecule has 0 fully saturated rings. The number of carbonyl (C=O) groups is 1. The number of aryl methyl sites for hydroxylation is 2. The van der Waals surface area contributed by atoms with Crippen LogP contribution in [-0.2, 0) is 12.4 Å². The number of benzene rings is 1. The van der Waals surface area contributed by atoms with Gasteiger partial charge in [0, 0.05) is 5.69 Å². The number of anilines is 2. The molecule has 28 heavy (non-hydrogen) atoms. The molecule has 12 heteroatoms. The Morgan fingerprint density at radius 2 is 1.36 bits per heavy atom. The van der Waals surface area contributed by atoms with Crippen molar-refractivity contribution in [3.63, 3.8) is 0 Å². The first-order valence-electron chi connectivity index (χ1n) is 7.58. The van der Waals surface area contributed by atoms with Crippen LogP contribution in [0.25, 0.3) is 0 Å². The van der Waals surface area contributed by atoms with Gasteiger partial charge in [-0.25, -0.2) is 4.79 Å². The Labute approximate surface area is 154 Å². The lowest BCUT2D eigenvalue weighted by atomic mass is 10.1. The number of aromatic nitrogens is 2. The Bertz CT molecular complexity index is 840. The van der Waals surface area contributed by atoms with Gasteiger partial charge in [-0.3, -0.25) is 0 Å². The van der Waals surface area contributed by atoms with E-state index in [0.717, 1.165) is 0 Å². The van der Waals surface area contributed by atoms with Crippen molar-refractivity contribution in [2.24, 2.45) is 0 Å². The number of nitrogens with one attached hydrogen (secondary N) is 2. The van der Waals surface area contributed by atoms with Crippen LogP contribution in [-0.4, -0.2) is 23.1 Å². The third-order valence-electron chi connectivity index (χ3n) is 3.52. The zero-order chi connectivity index (χ0) is 21.3. The van der Waals surface area contributed by atoms with E-state index >= 15 is 0 Å². The number of halogens is 6. The predicted molar refractivity (Wildman–Crippen MR) is 87.1 cm³/mol. The molecule has 2 rings (SSSR count). The van der Waals surface area contributed by atoms with Crippen molar-refractivity contribution >= 4 is 17.4 Å². The highest BCUT2D eigenvalue weighted by Gasteiger charge is 2.37. The van der Waals surface area contributed by atoms with E-state index < -0.39 is 35.2 Å². The number of alkyl halides is 6. The van der Waals surface area contributed by atoms with Crippen LogP contribution in [0.4, 0.5) is 42.5 Å². The van der Waals surface area contributed by atoms with E-state index in [4.69, 9.17) is 4.74 Å². The molecule has 1 heterocycles. The van der Waals surface area contributed by atoms with Crippen LogP contribution in [0.15, 0.2) is 18.2 Å². The van der Waals surface area contributed by atoms with Crippen molar-refractivity contribution in [2.45, 2.75) is 26.2 Å². The fraction of sp³-hybridized carbons (Fsp3) is 0.312. The second kappa shape index (κ2) is 7.52. The van der Waals surface area contributed by atoms with E-state index in [1.165, 1.54) is 21.0 Å². The molecule has 0 saturated carbocycles. The third-order valence-corrected chi connectivity index (χ3v) is 3.52. The van der Waals surface area contributed by atoms with E-state index in [9.17, 15) is 31.1 Å². The number of hydrogen-bond acceptors (Lipinski definition) is 4. The quantitative estimate of drug-likeness (QED) is 0.717. The minimum Gasteiger partial charge on any atom is -0.467 e. The molecule has 1 aromatic heterocycles. The van der Waals surface area contributed by atoms with E-state index in [-0.39, 0.29) is 17.8 Å². The van der Waals surface area contributed by atoms with Crippen LogP contribution in [0.1, 0.15) is 22.5 Å². The van der Waals surface area contributed by atoms with Crippen LogP contribution < -0.4 is 15.4 Å². The topological polar surface area (TPSA) is 76.1 Å². The highest BCUT2D eigenvalue weighted by molar-refractivity contribution is 6.00. The maximum absolute atomic E-state index is 12.9. The number of rotatable bonds is 3. The molecular weight excluding hydrogens is 394 g/mol. The molecule has 0 aliphatic rings. The molecular formula is C16H14F6N4O2. The molecule has 6 nitrogen and oxygen atoms in total. The summed E-state index contributed by atoms with van der Waals surface area (Å²) in [5.74, 6) is 0. The second-order valence-electron chi connectivity index (χ2n) is 5.63. The molecule has 0 unspecified atom stereocenters. The maximum Gasteiger partial charge on any atom is 0.416 e. The van der Waals surface area contributed by atoms with Gasteiger partial charge in [0.2, 0.25) is 0 Å². The summed E-state index contributed by atoms with van der Waals surface area (Å²) in [6.07, 6.45) is -10.0. The summed E-state index contributed by atoms with van der Waals surface area (Å²) in [7, 11) is 1.33. The molecule has 2 N–H and O–H groups in total. The summed E-state index contributed by atoms with van der Waals surface area (Å²) in [6.45, 7) is 3.03. The molecule has 1 aromatic carbocycles. The Hall–Kier alpha value is -3.05. The van der Waals surface area contributed by atoms with Crippen molar-refractivity contribution in [3.8, 4) is 6.01 Å². The van der Waals surface area contributed by atoms with Crippen LogP contribution in [0.5, 0.6) is 6.01 Å². The second-order valence-corrected chi connectivity index (χ2v) is 5.63. The summed E-state index contributed by atoms with van der Waals surface area (Å²) < 4.78 is 82.1. The lowest BCUT2D eigenvalue weighted by Crippen LogP contribution is -2.22. The Morgan fingerprint density at radius 1 is 0.893 bits per heavy atom. The first-order chi connectivity index (χ1) is 12.8. The van der Waals surface area contributed by atoms with E-state index in [2.05, 4.69) is 15.3 Å². The van der Waals surface area contributed by atoms with Crippen molar-refractivity contribution in [1.29, 1.82) is 0 Å². The molecule has 0 aliphatic heterocycles. The Kier molecular flexibility index (Phi) is 5.71. The molecule has 2 aromatic rings. The third kappa shape index (κ3) is 5.02. The SMILES string of the molecule is COc1nc(C)c(NC(=O)Nc2cc(C(F)(F)F)cc(C(F)(F)F)c2)c(C)n1. The van der Waals surface area contributed by atoms with Gasteiger partial charge < -0.3 is 15.4 Å². The highest BCUT2D eigenvalue weighted by Crippen LogP contribution is 2.37. The van der Waals surface area contributed by atoms with Gasteiger partial charge in [-0.05, 0) is 32.0 Å². The van der Waals surface area contributed by atoms with Gasteiger partial charge in [0.1, 0.15) is 0 Å². The van der Waals surface area contributed by atoms with Gasteiger partial charge in [-0.1, -0.05) is 0 Å². The molecule has 2 amide bonds. The summed E-state index contributed by atoms with van der Waals surface area (Å²) in [6, 6.07) is -0.256. The standard InChI is InChI=1S/C16H14F6N4O2/c1-7-12(8(2)24-14(23-7)28-3)26-13(27)25-11-5-9(15(17,18)19)4-10(6-11)16(20,21)22/h4-6H,1-3H3,(H2,25,26,27). The average Bonchev–Trinajstić information content (AvgIpc) is 2.56. The monoisotopic (exact) mass is 408 g/mol. The van der Waals surface area contributed by atoms with Gasteiger partial charge in [-0.2, -0.15) is 36.3 Å². The number of amides is 2. The number of nitrogens with zero attached hydrogens (tertiary/aromatic N) is 2. The van der Waals surface area contributed by atoms with Crippen molar-refractivity contribution in [3.05, 3.63) is 40.7 Å². The minimum atomic E-state index is -5.02. The normalized spacial score (nSPS) is 11.9. The zero-order valence-corrected chi connectivity index (χ0v) is 14.7. The molecule has 0 radical (unpaired) electrons. The molecule has 0 aliphatic carbocycles. The summed E-state index contributed by atoms with van der Waals surface area (Å²) in [5.41, 5.74) is -3.04. The molecule has 0 atom stereocenters. The molecule has 0 bridgehead atoms. The van der Waals surface area contributed by atoms with E-state index in [1.807, 2.05) is 5.32 Å². The molecule has 0 saturated heterocycles. The van der Waals surface area contributed by atoms with Crippen molar-refractivity contribution < 1.29 is 35.9 Å². The largest absolute Gasteiger partial charge is 0.467 e. The van der Waals surface area contributed by atoms with Crippen LogP contribution in [0, 0.1) is 13.8 Å². The average molecular weight is 408 g/mol. The lowest BCUT2D eigenvalue weighted by molar-refractivity contribution is -0.143. The number of ether oxygens (including phenoxy) is 1. The zero-order valence-electron chi connectivity index (χ0n) is 14.7. The molecule has 152 valence electrons. The van der Waals surface area contributed by atoms with Gasteiger partial charge >= 0.3 is 24.4 Å². The van der Waals surface area contributed by atoms with Crippen molar-refractivity contribution in [1.82, 2.24) is 9.97 Å². The number of carbonyl (C=O) groups excluding carboxylic acids is 1. The predicted octanol–water partition coefficient (Wildman–Crippen LogP) is 4.78. The number of methoxy groups -OCH3 is 1. The maximum atomic E-state index is 12.9. The smallest absolute Gasteiger partial charge is 0.416 e. The van der Waals surface area contributed by atoms with Crippen LogP contribution >= 0.6 is 0 Å². The Morgan fingerprint density at radius 3 is 1.75 bits per heavy atom. The van der Waals surface area contributed by atoms with Gasteiger partial charge in [0.25, 0.3) is 0 Å². The summed E-state index contributed by atoms with van der Waals surface area (Å²) in [4.78, 5) is 20.0. The fourth-order valence-corrected chi connectivity index (χ4v) is 2.26. The van der Waals surface area contributed by atoms with Gasteiger partial charge in [0.05, 0.1) is 35.3 Å². The summed E-state index contributed by atoms with van der Waals surface area (Å²) >= 11 is 0. The highest BCUT2D eigenvalue weighted by atomic mass is 19.4. The van der Waals surface area contributed by atoms with Crippen LogP contribution in [0.2, 0.25) is 0 Å². The first kappa shape index (κ1) is 21.3. The molecule has 0 spiro atoms. The number of hydrogen-bond donors (Lipinski definition) is 2. The Balaban J connectivity index is 2.31. The fourth-order valence-electron chi connectivity index (χ4n) is 2.26. The van der Waals surface area contributed by atoms with Crippen molar-refractivity contribution in [2.75, 3.05) is 17.7 Å². The lowest BCUT2D eigenvalue weighted by Gasteiger charge is -2.16. The minimum absolute atomic E-state index is 0.0330. The van der Waals surface area contributed by atoms with Crippen LogP contribution in [0.3, 0.4) is 0 Å². The van der Waals surface area contributed by atoms with E-state index in [0.29, 0.717) is 23.5 Å². The van der Waals surface area contributed by atoms with Gasteiger partial charge in [0.15, 0.2) is 0 Å². The number of urea groups is 1.